The Hall–Kier alpha value is -2.22. The number of carbonyl (C=O) groups is 3. The standard InChI is InChI=1S/C19H25N3O4S/c1-14(26-17(23)13-22-11-12-27-19(22)25)18(24)20-15-5-7-16(8-6-15)21-9-3-2-4-10-21/h5-8,14H,2-4,9-13H2,1H3,(H,20,24)/t14-/m1/s1. The van der Waals surface area contributed by atoms with E-state index in [4.69, 9.17) is 4.74 Å². The minimum Gasteiger partial charge on any atom is -0.451 e. The van der Waals surface area contributed by atoms with E-state index in [9.17, 15) is 14.4 Å². The predicted molar refractivity (Wildman–Crippen MR) is 106 cm³/mol. The fraction of sp³-hybridized carbons (Fsp3) is 0.526. The van der Waals surface area contributed by atoms with Crippen LogP contribution in [0, 0.1) is 0 Å². The molecule has 2 fully saturated rings. The van der Waals surface area contributed by atoms with Gasteiger partial charge in [-0.05, 0) is 50.5 Å². The second-order valence-electron chi connectivity index (χ2n) is 6.75. The zero-order valence-electron chi connectivity index (χ0n) is 15.5. The van der Waals surface area contributed by atoms with Gasteiger partial charge >= 0.3 is 5.97 Å². The van der Waals surface area contributed by atoms with Gasteiger partial charge < -0.3 is 19.9 Å². The van der Waals surface area contributed by atoms with Gasteiger partial charge in [-0.3, -0.25) is 14.4 Å². The third-order valence-electron chi connectivity index (χ3n) is 4.70. The van der Waals surface area contributed by atoms with Crippen molar-refractivity contribution in [2.45, 2.75) is 32.3 Å². The number of rotatable bonds is 6. The smallest absolute Gasteiger partial charge is 0.326 e. The van der Waals surface area contributed by atoms with Crippen molar-refractivity contribution in [1.82, 2.24) is 4.90 Å². The van der Waals surface area contributed by atoms with E-state index in [2.05, 4.69) is 10.2 Å². The Balaban J connectivity index is 1.47. The molecule has 1 N–H and O–H groups in total. The number of nitrogens with one attached hydrogen (secondary N) is 1. The molecule has 3 rings (SSSR count). The molecule has 0 spiro atoms. The maximum atomic E-state index is 12.3. The maximum Gasteiger partial charge on any atom is 0.326 e. The van der Waals surface area contributed by atoms with Gasteiger partial charge in [-0.2, -0.15) is 0 Å². The fourth-order valence-electron chi connectivity index (χ4n) is 3.16. The van der Waals surface area contributed by atoms with Gasteiger partial charge in [-0.1, -0.05) is 11.8 Å². The number of carbonyl (C=O) groups excluding carboxylic acids is 3. The SMILES string of the molecule is C[C@@H](OC(=O)CN1CCSC1=O)C(=O)Nc1ccc(N2CCCCC2)cc1. The number of benzene rings is 1. The fourth-order valence-corrected chi connectivity index (χ4v) is 3.99. The lowest BCUT2D eigenvalue weighted by Gasteiger charge is -2.28. The third kappa shape index (κ3) is 5.38. The highest BCUT2D eigenvalue weighted by molar-refractivity contribution is 8.13. The van der Waals surface area contributed by atoms with E-state index in [1.54, 1.807) is 0 Å². The van der Waals surface area contributed by atoms with E-state index in [1.165, 1.54) is 42.8 Å². The molecule has 0 saturated carbocycles. The largest absolute Gasteiger partial charge is 0.451 e. The van der Waals surface area contributed by atoms with Crippen LogP contribution in [0.3, 0.4) is 0 Å². The molecule has 8 heteroatoms. The lowest BCUT2D eigenvalue weighted by molar-refractivity contribution is -0.153. The summed E-state index contributed by atoms with van der Waals surface area (Å²) in [7, 11) is 0. The van der Waals surface area contributed by atoms with Crippen LogP contribution >= 0.6 is 11.8 Å². The summed E-state index contributed by atoms with van der Waals surface area (Å²) in [5, 5.41) is 2.63. The average Bonchev–Trinajstić information content (AvgIpc) is 3.07. The van der Waals surface area contributed by atoms with Crippen molar-refractivity contribution in [3.63, 3.8) is 0 Å². The molecule has 0 radical (unpaired) electrons. The summed E-state index contributed by atoms with van der Waals surface area (Å²) in [6, 6.07) is 7.70. The van der Waals surface area contributed by atoms with E-state index in [0.717, 1.165) is 18.8 Å². The van der Waals surface area contributed by atoms with E-state index < -0.39 is 18.0 Å². The summed E-state index contributed by atoms with van der Waals surface area (Å²) in [5.41, 5.74) is 1.81. The normalized spacial score (nSPS) is 18.3. The van der Waals surface area contributed by atoms with Crippen LogP contribution in [0.15, 0.2) is 24.3 Å². The Bertz CT molecular complexity index is 689. The summed E-state index contributed by atoms with van der Waals surface area (Å²) in [6.07, 6.45) is 2.78. The van der Waals surface area contributed by atoms with Crippen LogP contribution in [0.4, 0.5) is 16.2 Å². The molecular formula is C19H25N3O4S. The average molecular weight is 391 g/mol. The molecule has 0 unspecified atom stereocenters. The molecule has 1 aromatic rings. The van der Waals surface area contributed by atoms with Crippen molar-refractivity contribution >= 4 is 40.3 Å². The molecular weight excluding hydrogens is 366 g/mol. The summed E-state index contributed by atoms with van der Waals surface area (Å²) < 4.78 is 5.15. The summed E-state index contributed by atoms with van der Waals surface area (Å²) in [5.74, 6) is -0.291. The highest BCUT2D eigenvalue weighted by Gasteiger charge is 2.26. The lowest BCUT2D eigenvalue weighted by Crippen LogP contribution is -2.36. The quantitative estimate of drug-likeness (QED) is 0.751. The molecule has 2 amide bonds. The Morgan fingerprint density at radius 1 is 1.15 bits per heavy atom. The second-order valence-corrected chi connectivity index (χ2v) is 7.80. The highest BCUT2D eigenvalue weighted by Crippen LogP contribution is 2.22. The van der Waals surface area contributed by atoms with Crippen LogP contribution in [-0.4, -0.2) is 60.1 Å². The van der Waals surface area contributed by atoms with Crippen molar-refractivity contribution in [2.24, 2.45) is 0 Å². The van der Waals surface area contributed by atoms with E-state index in [-0.39, 0.29) is 11.8 Å². The Morgan fingerprint density at radius 2 is 1.85 bits per heavy atom. The number of anilines is 2. The molecule has 2 saturated heterocycles. The van der Waals surface area contributed by atoms with Crippen LogP contribution < -0.4 is 10.2 Å². The molecule has 2 aliphatic heterocycles. The molecule has 0 bridgehead atoms. The van der Waals surface area contributed by atoms with Crippen LogP contribution in [0.2, 0.25) is 0 Å². The summed E-state index contributed by atoms with van der Waals surface area (Å²) in [6.45, 7) is 4.07. The number of hydrogen-bond donors (Lipinski definition) is 1. The monoisotopic (exact) mass is 391 g/mol. The molecule has 146 valence electrons. The van der Waals surface area contributed by atoms with Crippen LogP contribution in [0.1, 0.15) is 26.2 Å². The van der Waals surface area contributed by atoms with E-state index in [0.29, 0.717) is 18.0 Å². The van der Waals surface area contributed by atoms with E-state index in [1.807, 2.05) is 24.3 Å². The summed E-state index contributed by atoms with van der Waals surface area (Å²) in [4.78, 5) is 39.5. The summed E-state index contributed by atoms with van der Waals surface area (Å²) >= 11 is 1.18. The van der Waals surface area contributed by atoms with Crippen LogP contribution in [-0.2, 0) is 14.3 Å². The zero-order chi connectivity index (χ0) is 19.2. The van der Waals surface area contributed by atoms with Gasteiger partial charge in [0.2, 0.25) is 0 Å². The minimum absolute atomic E-state index is 0.117. The van der Waals surface area contributed by atoms with Crippen LogP contribution in [0.5, 0.6) is 0 Å². The first-order valence-corrected chi connectivity index (χ1v) is 10.3. The minimum atomic E-state index is -0.926. The van der Waals surface area contributed by atoms with Gasteiger partial charge in [0.15, 0.2) is 6.10 Å². The first-order chi connectivity index (χ1) is 13.0. The van der Waals surface area contributed by atoms with Gasteiger partial charge in [0.1, 0.15) is 6.54 Å². The number of ether oxygens (including phenoxy) is 1. The molecule has 0 aliphatic carbocycles. The lowest BCUT2D eigenvalue weighted by atomic mass is 10.1. The molecule has 0 aromatic heterocycles. The maximum absolute atomic E-state index is 12.3. The molecule has 27 heavy (non-hydrogen) atoms. The molecule has 7 nitrogen and oxygen atoms in total. The van der Waals surface area contributed by atoms with Gasteiger partial charge in [0.05, 0.1) is 0 Å². The van der Waals surface area contributed by atoms with Gasteiger partial charge in [-0.15, -0.1) is 0 Å². The zero-order valence-corrected chi connectivity index (χ0v) is 16.3. The Morgan fingerprint density at radius 3 is 2.48 bits per heavy atom. The number of esters is 1. The Labute approximate surface area is 163 Å². The first kappa shape index (κ1) is 19.5. The third-order valence-corrected chi connectivity index (χ3v) is 5.59. The molecule has 2 aliphatic rings. The molecule has 1 aromatic carbocycles. The topological polar surface area (TPSA) is 78.9 Å². The van der Waals surface area contributed by atoms with E-state index >= 15 is 0 Å². The number of piperidine rings is 1. The Kier molecular flexibility index (Phi) is 6.60. The van der Waals surface area contributed by atoms with Gasteiger partial charge in [0, 0.05) is 36.8 Å². The first-order valence-electron chi connectivity index (χ1n) is 9.30. The predicted octanol–water partition coefficient (Wildman–Crippen LogP) is 2.72. The van der Waals surface area contributed by atoms with Crippen molar-refractivity contribution in [1.29, 1.82) is 0 Å². The molecule has 1 atom stereocenters. The van der Waals surface area contributed by atoms with Gasteiger partial charge in [-0.25, -0.2) is 0 Å². The van der Waals surface area contributed by atoms with Crippen molar-refractivity contribution in [3.05, 3.63) is 24.3 Å². The number of nitrogens with zero attached hydrogens (tertiary/aromatic N) is 2. The van der Waals surface area contributed by atoms with Crippen molar-refractivity contribution in [3.8, 4) is 0 Å². The second kappa shape index (κ2) is 9.12. The van der Waals surface area contributed by atoms with Gasteiger partial charge in [0.25, 0.3) is 11.1 Å². The molecule has 2 heterocycles. The van der Waals surface area contributed by atoms with Crippen LogP contribution in [0.25, 0.3) is 0 Å². The van der Waals surface area contributed by atoms with Crippen molar-refractivity contribution in [2.75, 3.05) is 42.1 Å². The number of thioether (sulfide) groups is 1. The number of amides is 2. The number of hydrogen-bond acceptors (Lipinski definition) is 6. The highest BCUT2D eigenvalue weighted by atomic mass is 32.2. The van der Waals surface area contributed by atoms with Crippen molar-refractivity contribution < 1.29 is 19.1 Å².